The number of hydrogen-bond acceptors (Lipinski definition) is 1. The molecule has 1 nitrogen and oxygen atoms in total. The largest absolute Gasteiger partial charge is 0.396 e. The van der Waals surface area contributed by atoms with E-state index in [2.05, 4.69) is 19.1 Å². The molecule has 0 atom stereocenters. The summed E-state index contributed by atoms with van der Waals surface area (Å²) in [7, 11) is 0. The van der Waals surface area contributed by atoms with E-state index in [1.807, 2.05) is 0 Å². The molecule has 0 aliphatic carbocycles. The molecular formula is C12H24O. The van der Waals surface area contributed by atoms with Crippen molar-refractivity contribution in [1.82, 2.24) is 0 Å². The lowest BCUT2D eigenvalue weighted by molar-refractivity contribution is 0.282. The zero-order chi connectivity index (χ0) is 9.78. The fourth-order valence-electron chi connectivity index (χ4n) is 1.42. The minimum absolute atomic E-state index is 0.362. The summed E-state index contributed by atoms with van der Waals surface area (Å²) < 4.78 is 0. The summed E-state index contributed by atoms with van der Waals surface area (Å²) in [6.07, 6.45) is 14.5. The molecule has 0 bridgehead atoms. The third kappa shape index (κ3) is 11.7. The van der Waals surface area contributed by atoms with E-state index in [0.717, 1.165) is 6.42 Å². The first-order valence-corrected chi connectivity index (χ1v) is 5.64. The van der Waals surface area contributed by atoms with Crippen LogP contribution in [0.4, 0.5) is 0 Å². The molecule has 13 heavy (non-hydrogen) atoms. The molecule has 1 N–H and O–H groups in total. The Kier molecular flexibility index (Phi) is 11.4. The third-order valence-corrected chi connectivity index (χ3v) is 2.26. The smallest absolute Gasteiger partial charge is 0.0431 e. The molecule has 0 saturated carbocycles. The van der Waals surface area contributed by atoms with E-state index in [1.165, 1.54) is 44.9 Å². The summed E-state index contributed by atoms with van der Waals surface area (Å²) in [6.45, 7) is 2.44. The van der Waals surface area contributed by atoms with Gasteiger partial charge in [0.05, 0.1) is 0 Å². The van der Waals surface area contributed by atoms with E-state index in [4.69, 9.17) is 5.11 Å². The van der Waals surface area contributed by atoms with Crippen molar-refractivity contribution in [2.24, 2.45) is 0 Å². The van der Waals surface area contributed by atoms with Crippen molar-refractivity contribution in [3.63, 3.8) is 0 Å². The van der Waals surface area contributed by atoms with Gasteiger partial charge in [-0.05, 0) is 26.2 Å². The minimum Gasteiger partial charge on any atom is -0.396 e. The average Bonchev–Trinajstić information content (AvgIpc) is 2.16. The van der Waals surface area contributed by atoms with Crippen LogP contribution in [-0.2, 0) is 0 Å². The Labute approximate surface area is 82.9 Å². The molecule has 0 fully saturated rings. The van der Waals surface area contributed by atoms with Gasteiger partial charge in [0.2, 0.25) is 0 Å². The van der Waals surface area contributed by atoms with Gasteiger partial charge >= 0.3 is 0 Å². The van der Waals surface area contributed by atoms with Crippen LogP contribution in [0.15, 0.2) is 12.2 Å². The molecule has 1 heteroatoms. The molecule has 78 valence electrons. The van der Waals surface area contributed by atoms with Gasteiger partial charge in [0.25, 0.3) is 0 Å². The van der Waals surface area contributed by atoms with Crippen LogP contribution in [0.3, 0.4) is 0 Å². The second-order valence-electron chi connectivity index (χ2n) is 3.56. The van der Waals surface area contributed by atoms with Crippen molar-refractivity contribution < 1.29 is 5.11 Å². The van der Waals surface area contributed by atoms with Gasteiger partial charge in [-0.25, -0.2) is 0 Å². The maximum Gasteiger partial charge on any atom is 0.0431 e. The first-order valence-electron chi connectivity index (χ1n) is 5.64. The molecule has 0 aromatic heterocycles. The van der Waals surface area contributed by atoms with Gasteiger partial charge < -0.3 is 5.11 Å². The molecule has 0 amide bonds. The number of aliphatic hydroxyl groups is 1. The van der Waals surface area contributed by atoms with E-state index in [1.54, 1.807) is 0 Å². The Bertz CT molecular complexity index is 108. The fourth-order valence-corrected chi connectivity index (χ4v) is 1.42. The molecule has 0 spiro atoms. The standard InChI is InChI=1S/C12H24O/c1-2-3-4-5-6-7-8-9-10-11-12-13/h2-3,13H,4-12H2,1H3. The summed E-state index contributed by atoms with van der Waals surface area (Å²) in [6, 6.07) is 0. The zero-order valence-electron chi connectivity index (χ0n) is 8.97. The van der Waals surface area contributed by atoms with Crippen LogP contribution in [-0.4, -0.2) is 11.7 Å². The van der Waals surface area contributed by atoms with Crippen molar-refractivity contribution in [2.75, 3.05) is 6.61 Å². The summed E-state index contributed by atoms with van der Waals surface area (Å²) >= 11 is 0. The Hall–Kier alpha value is -0.300. The highest BCUT2D eigenvalue weighted by Gasteiger charge is 1.89. The predicted octanol–water partition coefficient (Wildman–Crippen LogP) is 3.68. The Morgan fingerprint density at radius 2 is 1.38 bits per heavy atom. The van der Waals surface area contributed by atoms with Crippen molar-refractivity contribution in [1.29, 1.82) is 0 Å². The van der Waals surface area contributed by atoms with Crippen LogP contribution in [0.25, 0.3) is 0 Å². The number of aliphatic hydroxyl groups excluding tert-OH is 1. The van der Waals surface area contributed by atoms with Crippen LogP contribution < -0.4 is 0 Å². The van der Waals surface area contributed by atoms with E-state index in [0.29, 0.717) is 6.61 Å². The first kappa shape index (κ1) is 12.7. The highest BCUT2D eigenvalue weighted by molar-refractivity contribution is 4.76. The van der Waals surface area contributed by atoms with E-state index < -0.39 is 0 Å². The van der Waals surface area contributed by atoms with Gasteiger partial charge in [0.15, 0.2) is 0 Å². The van der Waals surface area contributed by atoms with Gasteiger partial charge in [0, 0.05) is 6.61 Å². The summed E-state index contributed by atoms with van der Waals surface area (Å²) in [5, 5.41) is 8.56. The second-order valence-corrected chi connectivity index (χ2v) is 3.56. The van der Waals surface area contributed by atoms with E-state index in [-0.39, 0.29) is 0 Å². The van der Waals surface area contributed by atoms with Crippen LogP contribution >= 0.6 is 0 Å². The SMILES string of the molecule is CC=CCCCCCCCCCO. The number of hydrogen-bond donors (Lipinski definition) is 1. The first-order chi connectivity index (χ1) is 6.41. The lowest BCUT2D eigenvalue weighted by Gasteiger charge is -1.99. The third-order valence-electron chi connectivity index (χ3n) is 2.26. The molecule has 0 radical (unpaired) electrons. The van der Waals surface area contributed by atoms with Gasteiger partial charge in [-0.2, -0.15) is 0 Å². The highest BCUT2D eigenvalue weighted by Crippen LogP contribution is 2.08. The van der Waals surface area contributed by atoms with Gasteiger partial charge in [-0.3, -0.25) is 0 Å². The summed E-state index contributed by atoms with van der Waals surface area (Å²) in [5.41, 5.74) is 0. The molecule has 0 aromatic rings. The van der Waals surface area contributed by atoms with Crippen molar-refractivity contribution in [3.8, 4) is 0 Å². The summed E-state index contributed by atoms with van der Waals surface area (Å²) in [5.74, 6) is 0. The lowest BCUT2D eigenvalue weighted by Crippen LogP contribution is -1.83. The minimum atomic E-state index is 0.362. The molecular weight excluding hydrogens is 160 g/mol. The Morgan fingerprint density at radius 3 is 1.92 bits per heavy atom. The van der Waals surface area contributed by atoms with Crippen LogP contribution in [0.1, 0.15) is 58.3 Å². The molecule has 0 heterocycles. The van der Waals surface area contributed by atoms with Gasteiger partial charge in [-0.1, -0.05) is 44.3 Å². The molecule has 0 saturated heterocycles. The normalized spacial score (nSPS) is 11.2. The zero-order valence-corrected chi connectivity index (χ0v) is 8.97. The van der Waals surface area contributed by atoms with Gasteiger partial charge in [-0.15, -0.1) is 0 Å². The molecule has 0 aromatic carbocycles. The topological polar surface area (TPSA) is 20.2 Å². The number of allylic oxidation sites excluding steroid dienone is 2. The quantitative estimate of drug-likeness (QED) is 0.428. The molecule has 0 aliphatic rings. The van der Waals surface area contributed by atoms with Crippen molar-refractivity contribution in [3.05, 3.63) is 12.2 Å². The molecule has 0 rings (SSSR count). The fraction of sp³-hybridized carbons (Fsp3) is 0.833. The van der Waals surface area contributed by atoms with Gasteiger partial charge in [0.1, 0.15) is 0 Å². The maximum absolute atomic E-state index is 8.56. The van der Waals surface area contributed by atoms with Crippen molar-refractivity contribution >= 4 is 0 Å². The predicted molar refractivity (Wildman–Crippen MR) is 58.8 cm³/mol. The number of rotatable bonds is 9. The van der Waals surface area contributed by atoms with Crippen LogP contribution in [0.2, 0.25) is 0 Å². The van der Waals surface area contributed by atoms with E-state index >= 15 is 0 Å². The average molecular weight is 184 g/mol. The molecule has 0 unspecified atom stereocenters. The Morgan fingerprint density at radius 1 is 0.846 bits per heavy atom. The Balaban J connectivity index is 2.83. The van der Waals surface area contributed by atoms with Crippen LogP contribution in [0, 0.1) is 0 Å². The van der Waals surface area contributed by atoms with Crippen molar-refractivity contribution in [2.45, 2.75) is 58.3 Å². The highest BCUT2D eigenvalue weighted by atomic mass is 16.2. The van der Waals surface area contributed by atoms with E-state index in [9.17, 15) is 0 Å². The number of unbranched alkanes of at least 4 members (excludes halogenated alkanes) is 7. The lowest BCUT2D eigenvalue weighted by atomic mass is 10.1. The maximum atomic E-state index is 8.56. The van der Waals surface area contributed by atoms with Crippen LogP contribution in [0.5, 0.6) is 0 Å². The summed E-state index contributed by atoms with van der Waals surface area (Å²) in [4.78, 5) is 0. The molecule has 0 aliphatic heterocycles. The second kappa shape index (κ2) is 11.7. The monoisotopic (exact) mass is 184 g/mol.